The van der Waals surface area contributed by atoms with Gasteiger partial charge in [-0.25, -0.2) is 8.42 Å². The van der Waals surface area contributed by atoms with Gasteiger partial charge in [0.1, 0.15) is 0 Å². The van der Waals surface area contributed by atoms with Crippen LogP contribution in [0.5, 0.6) is 0 Å². The number of nitrogens with one attached hydrogen (secondary N) is 1. The smallest absolute Gasteiger partial charge is 0.234 e. The van der Waals surface area contributed by atoms with Gasteiger partial charge >= 0.3 is 0 Å². The fourth-order valence-electron chi connectivity index (χ4n) is 1.47. The van der Waals surface area contributed by atoms with Gasteiger partial charge in [0.15, 0.2) is 0 Å². The van der Waals surface area contributed by atoms with Crippen molar-refractivity contribution in [3.8, 4) is 0 Å². The normalized spacial score (nSPS) is 11.4. The van der Waals surface area contributed by atoms with Gasteiger partial charge in [-0.15, -0.1) is 0 Å². The lowest BCUT2D eigenvalue weighted by Crippen LogP contribution is -2.18. The van der Waals surface area contributed by atoms with Crippen molar-refractivity contribution in [2.24, 2.45) is 0 Å². The highest BCUT2D eigenvalue weighted by molar-refractivity contribution is 7.92. The van der Waals surface area contributed by atoms with Crippen LogP contribution in [0.1, 0.15) is 25.3 Å². The fraction of sp³-hybridized carbons (Fsp3) is 0.500. The van der Waals surface area contributed by atoms with Crippen LogP contribution < -0.4 is 4.72 Å². The summed E-state index contributed by atoms with van der Waals surface area (Å²) in [6, 6.07) is 7.35. The van der Waals surface area contributed by atoms with E-state index in [0.717, 1.165) is 19.3 Å². The van der Waals surface area contributed by atoms with Crippen LogP contribution >= 0.6 is 0 Å². The van der Waals surface area contributed by atoms with E-state index < -0.39 is 10.0 Å². The van der Waals surface area contributed by atoms with E-state index in [1.165, 1.54) is 5.56 Å². The molecule has 0 heterocycles. The summed E-state index contributed by atoms with van der Waals surface area (Å²) in [7, 11) is -3.41. The topological polar surface area (TPSA) is 66.4 Å². The Bertz CT molecular complexity index is 426. The molecule has 0 bridgehead atoms. The van der Waals surface area contributed by atoms with Gasteiger partial charge in [-0.3, -0.25) is 4.72 Å². The molecular formula is C12H19NO3S. The standard InChI is InChI=1S/C12H19NO3S/c1-2-3-4-11-5-7-12(8-6-11)13-17(15,16)10-9-14/h5-8,13-14H,2-4,9-10H2,1H3. The zero-order valence-corrected chi connectivity index (χ0v) is 10.8. The number of hydrogen-bond donors (Lipinski definition) is 2. The number of unbranched alkanes of at least 4 members (excludes halogenated alkanes) is 1. The first kappa shape index (κ1) is 14.0. The van der Waals surface area contributed by atoms with Crippen molar-refractivity contribution in [2.75, 3.05) is 17.1 Å². The molecule has 0 unspecified atom stereocenters. The van der Waals surface area contributed by atoms with Crippen LogP contribution in [-0.2, 0) is 16.4 Å². The van der Waals surface area contributed by atoms with Crippen LogP contribution in [-0.4, -0.2) is 25.9 Å². The number of anilines is 1. The molecule has 5 heteroatoms. The Hall–Kier alpha value is -1.07. The van der Waals surface area contributed by atoms with Gasteiger partial charge in [0.05, 0.1) is 12.4 Å². The Kier molecular flexibility index (Phi) is 5.44. The molecule has 0 saturated carbocycles. The lowest BCUT2D eigenvalue weighted by Gasteiger charge is -2.07. The van der Waals surface area contributed by atoms with E-state index in [2.05, 4.69) is 11.6 Å². The van der Waals surface area contributed by atoms with E-state index in [4.69, 9.17) is 5.11 Å². The third kappa shape index (κ3) is 5.19. The minimum Gasteiger partial charge on any atom is -0.395 e. The Morgan fingerprint density at radius 1 is 1.24 bits per heavy atom. The Labute approximate surface area is 103 Å². The molecule has 0 spiro atoms. The summed E-state index contributed by atoms with van der Waals surface area (Å²) < 4.78 is 25.2. The molecule has 0 aliphatic carbocycles. The third-order valence-corrected chi connectivity index (χ3v) is 3.67. The molecule has 0 radical (unpaired) electrons. The molecule has 1 rings (SSSR count). The zero-order valence-electron chi connectivity index (χ0n) is 10.0. The molecule has 0 aliphatic heterocycles. The van der Waals surface area contributed by atoms with Crippen molar-refractivity contribution in [3.63, 3.8) is 0 Å². The maximum Gasteiger partial charge on any atom is 0.234 e. The van der Waals surface area contributed by atoms with E-state index >= 15 is 0 Å². The number of benzene rings is 1. The van der Waals surface area contributed by atoms with E-state index in [0.29, 0.717) is 5.69 Å². The van der Waals surface area contributed by atoms with E-state index in [1.807, 2.05) is 12.1 Å². The van der Waals surface area contributed by atoms with Crippen LogP contribution in [0.4, 0.5) is 5.69 Å². The van der Waals surface area contributed by atoms with Crippen molar-refractivity contribution < 1.29 is 13.5 Å². The molecule has 17 heavy (non-hydrogen) atoms. The Morgan fingerprint density at radius 2 is 1.88 bits per heavy atom. The number of sulfonamides is 1. The second kappa shape index (κ2) is 6.61. The molecule has 0 fully saturated rings. The molecular weight excluding hydrogens is 238 g/mol. The summed E-state index contributed by atoms with van der Waals surface area (Å²) in [4.78, 5) is 0. The van der Waals surface area contributed by atoms with Gasteiger partial charge in [-0.2, -0.15) is 0 Å². The first-order chi connectivity index (χ1) is 8.07. The van der Waals surface area contributed by atoms with E-state index in [9.17, 15) is 8.42 Å². The fourth-order valence-corrected chi connectivity index (χ4v) is 2.31. The summed E-state index contributed by atoms with van der Waals surface area (Å²) >= 11 is 0. The lowest BCUT2D eigenvalue weighted by atomic mass is 10.1. The average molecular weight is 257 g/mol. The Morgan fingerprint density at radius 3 is 2.41 bits per heavy atom. The lowest BCUT2D eigenvalue weighted by molar-refractivity contribution is 0.320. The highest BCUT2D eigenvalue weighted by Gasteiger charge is 2.08. The van der Waals surface area contributed by atoms with Crippen molar-refractivity contribution >= 4 is 15.7 Å². The van der Waals surface area contributed by atoms with Crippen molar-refractivity contribution in [2.45, 2.75) is 26.2 Å². The second-order valence-corrected chi connectivity index (χ2v) is 5.79. The maximum absolute atomic E-state index is 11.4. The number of aliphatic hydroxyl groups is 1. The van der Waals surface area contributed by atoms with Gasteiger partial charge < -0.3 is 5.11 Å². The molecule has 0 aromatic heterocycles. The van der Waals surface area contributed by atoms with Crippen LogP contribution in [0.3, 0.4) is 0 Å². The highest BCUT2D eigenvalue weighted by atomic mass is 32.2. The van der Waals surface area contributed by atoms with Gasteiger partial charge in [0, 0.05) is 5.69 Å². The number of hydrogen-bond acceptors (Lipinski definition) is 3. The van der Waals surface area contributed by atoms with Gasteiger partial charge in [-0.1, -0.05) is 25.5 Å². The molecule has 96 valence electrons. The van der Waals surface area contributed by atoms with Gasteiger partial charge in [0.25, 0.3) is 0 Å². The molecule has 2 N–H and O–H groups in total. The summed E-state index contributed by atoms with van der Waals surface area (Å²) in [5, 5.41) is 8.60. The van der Waals surface area contributed by atoms with E-state index in [1.54, 1.807) is 12.1 Å². The van der Waals surface area contributed by atoms with Crippen LogP contribution in [0.2, 0.25) is 0 Å². The first-order valence-electron chi connectivity index (χ1n) is 5.77. The first-order valence-corrected chi connectivity index (χ1v) is 7.43. The SMILES string of the molecule is CCCCc1ccc(NS(=O)(=O)CCO)cc1. The van der Waals surface area contributed by atoms with Gasteiger partial charge in [-0.05, 0) is 30.5 Å². The average Bonchev–Trinajstić information content (AvgIpc) is 2.27. The summed E-state index contributed by atoms with van der Waals surface area (Å²) in [5.74, 6) is -0.273. The molecule has 4 nitrogen and oxygen atoms in total. The highest BCUT2D eigenvalue weighted by Crippen LogP contribution is 2.13. The summed E-state index contributed by atoms with van der Waals surface area (Å²) in [5.41, 5.74) is 1.75. The molecule has 0 amide bonds. The predicted molar refractivity (Wildman–Crippen MR) is 69.5 cm³/mol. The molecule has 0 atom stereocenters. The quantitative estimate of drug-likeness (QED) is 0.782. The van der Waals surface area contributed by atoms with Crippen LogP contribution in [0.15, 0.2) is 24.3 Å². The van der Waals surface area contributed by atoms with E-state index in [-0.39, 0.29) is 12.4 Å². The molecule has 1 aromatic carbocycles. The van der Waals surface area contributed by atoms with Crippen molar-refractivity contribution in [1.82, 2.24) is 0 Å². The molecule has 0 aliphatic rings. The number of aryl methyl sites for hydroxylation is 1. The van der Waals surface area contributed by atoms with Crippen LogP contribution in [0.25, 0.3) is 0 Å². The predicted octanol–water partition coefficient (Wildman–Crippen LogP) is 1.76. The minimum atomic E-state index is -3.41. The monoisotopic (exact) mass is 257 g/mol. The maximum atomic E-state index is 11.4. The zero-order chi connectivity index (χ0) is 12.7. The molecule has 1 aromatic rings. The number of rotatable bonds is 7. The minimum absolute atomic E-state index is 0.273. The second-order valence-electron chi connectivity index (χ2n) is 3.95. The number of aliphatic hydroxyl groups excluding tert-OH is 1. The molecule has 0 saturated heterocycles. The summed E-state index contributed by atoms with van der Waals surface area (Å²) in [6.45, 7) is 1.77. The van der Waals surface area contributed by atoms with Crippen molar-refractivity contribution in [3.05, 3.63) is 29.8 Å². The van der Waals surface area contributed by atoms with Crippen molar-refractivity contribution in [1.29, 1.82) is 0 Å². The largest absolute Gasteiger partial charge is 0.395 e. The van der Waals surface area contributed by atoms with Crippen LogP contribution in [0, 0.1) is 0 Å². The Balaban J connectivity index is 2.62. The van der Waals surface area contributed by atoms with Gasteiger partial charge in [0.2, 0.25) is 10.0 Å². The third-order valence-electron chi connectivity index (χ3n) is 2.41. The summed E-state index contributed by atoms with van der Waals surface area (Å²) in [6.07, 6.45) is 3.29.